The molecule has 0 aliphatic heterocycles. The first-order chi connectivity index (χ1) is 12.1. The van der Waals surface area contributed by atoms with Crippen molar-refractivity contribution in [2.75, 3.05) is 12.4 Å². The van der Waals surface area contributed by atoms with Crippen molar-refractivity contribution in [2.45, 2.75) is 0 Å². The van der Waals surface area contributed by atoms with Gasteiger partial charge in [-0.2, -0.15) is 5.10 Å². The van der Waals surface area contributed by atoms with Gasteiger partial charge in [-0.25, -0.2) is 9.48 Å². The number of nitrogens with zero attached hydrogens (tertiary/aromatic N) is 2. The van der Waals surface area contributed by atoms with Crippen LogP contribution in [0.1, 0.15) is 20.7 Å². The number of hydrogen-bond donors (Lipinski definition) is 1. The maximum Gasteiger partial charge on any atom is 0.339 e. The minimum atomic E-state index is -0.521. The zero-order valence-corrected chi connectivity index (χ0v) is 14.0. The number of esters is 1. The monoisotopic (exact) mass is 355 g/mol. The number of benzene rings is 2. The van der Waals surface area contributed by atoms with E-state index in [9.17, 15) is 9.59 Å². The first kappa shape index (κ1) is 16.7. The van der Waals surface area contributed by atoms with Crippen LogP contribution >= 0.6 is 11.6 Å². The Kier molecular flexibility index (Phi) is 4.81. The van der Waals surface area contributed by atoms with E-state index >= 15 is 0 Å². The van der Waals surface area contributed by atoms with Gasteiger partial charge in [0.25, 0.3) is 5.91 Å². The number of nitrogens with one attached hydrogen (secondary N) is 1. The molecule has 0 unspecified atom stereocenters. The molecule has 0 aliphatic rings. The predicted octanol–water partition coefficient (Wildman–Crippen LogP) is 3.56. The number of para-hydroxylation sites is 1. The third-order valence-electron chi connectivity index (χ3n) is 3.52. The highest BCUT2D eigenvalue weighted by molar-refractivity contribution is 6.30. The number of aromatic nitrogens is 2. The van der Waals surface area contributed by atoms with E-state index in [1.54, 1.807) is 59.4 Å². The summed E-state index contributed by atoms with van der Waals surface area (Å²) in [5.74, 6) is -0.899. The molecule has 0 fully saturated rings. The lowest BCUT2D eigenvalue weighted by atomic mass is 10.1. The maximum atomic E-state index is 12.4. The highest BCUT2D eigenvalue weighted by atomic mass is 35.5. The number of hydrogen-bond acceptors (Lipinski definition) is 4. The third-order valence-corrected chi connectivity index (χ3v) is 3.77. The fourth-order valence-electron chi connectivity index (χ4n) is 2.25. The van der Waals surface area contributed by atoms with E-state index in [2.05, 4.69) is 10.4 Å². The van der Waals surface area contributed by atoms with Crippen molar-refractivity contribution in [3.63, 3.8) is 0 Å². The Hall–Kier alpha value is -3.12. The van der Waals surface area contributed by atoms with E-state index in [1.807, 2.05) is 0 Å². The molecule has 7 heteroatoms. The minimum Gasteiger partial charge on any atom is -0.465 e. The summed E-state index contributed by atoms with van der Waals surface area (Å²) in [5.41, 5.74) is 1.79. The van der Waals surface area contributed by atoms with Crippen LogP contribution in [0.15, 0.2) is 60.9 Å². The van der Waals surface area contributed by atoms with Crippen LogP contribution in [0, 0.1) is 0 Å². The molecule has 0 spiro atoms. The lowest BCUT2D eigenvalue weighted by Gasteiger charge is -2.08. The number of rotatable bonds is 4. The van der Waals surface area contributed by atoms with Gasteiger partial charge in [0.05, 0.1) is 35.8 Å². The first-order valence-electron chi connectivity index (χ1n) is 7.38. The Labute approximate surface area is 149 Å². The second-order valence-electron chi connectivity index (χ2n) is 5.14. The SMILES string of the molecule is COC(=O)c1ccccc1NC(=O)c1cnn(-c2ccc(Cl)cc2)c1. The van der Waals surface area contributed by atoms with E-state index in [4.69, 9.17) is 16.3 Å². The molecular weight excluding hydrogens is 342 g/mol. The van der Waals surface area contributed by atoms with Crippen molar-refractivity contribution in [3.05, 3.63) is 77.1 Å². The molecule has 1 amide bonds. The van der Waals surface area contributed by atoms with E-state index in [0.717, 1.165) is 5.69 Å². The smallest absolute Gasteiger partial charge is 0.339 e. The molecule has 0 saturated heterocycles. The number of anilines is 1. The highest BCUT2D eigenvalue weighted by Crippen LogP contribution is 2.18. The lowest BCUT2D eigenvalue weighted by molar-refractivity contribution is 0.0602. The van der Waals surface area contributed by atoms with Gasteiger partial charge in [0.1, 0.15) is 0 Å². The Balaban J connectivity index is 1.81. The van der Waals surface area contributed by atoms with Crippen molar-refractivity contribution >= 4 is 29.2 Å². The van der Waals surface area contributed by atoms with Crippen LogP contribution in [0.5, 0.6) is 0 Å². The zero-order chi connectivity index (χ0) is 17.8. The van der Waals surface area contributed by atoms with Crippen LogP contribution in [-0.2, 0) is 4.74 Å². The van der Waals surface area contributed by atoms with Gasteiger partial charge in [0, 0.05) is 11.2 Å². The van der Waals surface area contributed by atoms with Gasteiger partial charge < -0.3 is 10.1 Å². The Morgan fingerprint density at radius 1 is 1.12 bits per heavy atom. The lowest BCUT2D eigenvalue weighted by Crippen LogP contribution is -2.14. The summed E-state index contributed by atoms with van der Waals surface area (Å²) in [4.78, 5) is 24.2. The van der Waals surface area contributed by atoms with Gasteiger partial charge in [0.2, 0.25) is 0 Å². The van der Waals surface area contributed by atoms with Crippen molar-refractivity contribution in [1.29, 1.82) is 0 Å². The van der Waals surface area contributed by atoms with E-state index < -0.39 is 5.97 Å². The van der Waals surface area contributed by atoms with Gasteiger partial charge in [-0.3, -0.25) is 4.79 Å². The first-order valence-corrected chi connectivity index (χ1v) is 7.75. The van der Waals surface area contributed by atoms with Crippen LogP contribution in [0.25, 0.3) is 5.69 Å². The molecule has 126 valence electrons. The maximum absolute atomic E-state index is 12.4. The summed E-state index contributed by atoms with van der Waals surface area (Å²) in [5, 5.41) is 7.49. The summed E-state index contributed by atoms with van der Waals surface area (Å²) >= 11 is 5.87. The molecule has 3 rings (SSSR count). The number of carbonyl (C=O) groups is 2. The molecule has 2 aromatic carbocycles. The van der Waals surface area contributed by atoms with Crippen LogP contribution in [0.3, 0.4) is 0 Å². The second kappa shape index (κ2) is 7.19. The van der Waals surface area contributed by atoms with Gasteiger partial charge in [-0.15, -0.1) is 0 Å². The molecule has 3 aromatic rings. The minimum absolute atomic E-state index is 0.281. The molecule has 0 atom stereocenters. The molecular formula is C18H14ClN3O3. The summed E-state index contributed by atoms with van der Waals surface area (Å²) < 4.78 is 6.29. The average molecular weight is 356 g/mol. The molecule has 0 saturated carbocycles. The fraction of sp³-hybridized carbons (Fsp3) is 0.0556. The Bertz CT molecular complexity index is 919. The summed E-state index contributed by atoms with van der Waals surface area (Å²) in [6.45, 7) is 0. The van der Waals surface area contributed by atoms with Crippen LogP contribution in [0.4, 0.5) is 5.69 Å². The topological polar surface area (TPSA) is 73.2 Å². The molecule has 1 heterocycles. The molecule has 0 aliphatic carbocycles. The average Bonchev–Trinajstić information content (AvgIpc) is 3.12. The Morgan fingerprint density at radius 3 is 2.56 bits per heavy atom. The summed E-state index contributed by atoms with van der Waals surface area (Å²) in [7, 11) is 1.29. The number of ether oxygens (including phenoxy) is 1. The number of carbonyl (C=O) groups excluding carboxylic acids is 2. The third kappa shape index (κ3) is 3.70. The predicted molar refractivity (Wildman–Crippen MR) is 94.3 cm³/mol. The van der Waals surface area contributed by atoms with Crippen LogP contribution < -0.4 is 5.32 Å². The number of methoxy groups -OCH3 is 1. The standard InChI is InChI=1S/C18H14ClN3O3/c1-25-18(24)15-4-2-3-5-16(15)21-17(23)12-10-20-22(11-12)14-8-6-13(19)7-9-14/h2-11H,1H3,(H,21,23). The second-order valence-corrected chi connectivity index (χ2v) is 5.58. The van der Waals surface area contributed by atoms with Gasteiger partial charge in [-0.1, -0.05) is 23.7 Å². The molecule has 0 bridgehead atoms. The Morgan fingerprint density at radius 2 is 1.84 bits per heavy atom. The number of amides is 1. The van der Waals surface area contributed by atoms with Crippen molar-refractivity contribution in [2.24, 2.45) is 0 Å². The fourth-order valence-corrected chi connectivity index (χ4v) is 2.38. The van der Waals surface area contributed by atoms with E-state index in [-0.39, 0.29) is 11.5 Å². The zero-order valence-electron chi connectivity index (χ0n) is 13.3. The van der Waals surface area contributed by atoms with E-state index in [1.165, 1.54) is 13.3 Å². The largest absolute Gasteiger partial charge is 0.465 e. The van der Waals surface area contributed by atoms with Crippen molar-refractivity contribution in [3.8, 4) is 5.69 Å². The van der Waals surface area contributed by atoms with Gasteiger partial charge >= 0.3 is 5.97 Å². The van der Waals surface area contributed by atoms with Gasteiger partial charge in [0.15, 0.2) is 0 Å². The van der Waals surface area contributed by atoms with Crippen molar-refractivity contribution in [1.82, 2.24) is 9.78 Å². The quantitative estimate of drug-likeness (QED) is 0.726. The van der Waals surface area contributed by atoms with Crippen LogP contribution in [-0.4, -0.2) is 28.8 Å². The molecule has 1 aromatic heterocycles. The molecule has 1 N–H and O–H groups in total. The summed E-state index contributed by atoms with van der Waals surface area (Å²) in [6, 6.07) is 13.7. The molecule has 25 heavy (non-hydrogen) atoms. The normalized spacial score (nSPS) is 10.3. The highest BCUT2D eigenvalue weighted by Gasteiger charge is 2.15. The molecule has 6 nitrogen and oxygen atoms in total. The summed E-state index contributed by atoms with van der Waals surface area (Å²) in [6.07, 6.45) is 3.05. The number of halogens is 1. The van der Waals surface area contributed by atoms with Crippen molar-refractivity contribution < 1.29 is 14.3 Å². The van der Waals surface area contributed by atoms with Crippen LogP contribution in [0.2, 0.25) is 5.02 Å². The van der Waals surface area contributed by atoms with Gasteiger partial charge in [-0.05, 0) is 36.4 Å². The molecule has 0 radical (unpaired) electrons. The van der Waals surface area contributed by atoms with E-state index in [0.29, 0.717) is 16.3 Å².